The molecule has 1 saturated heterocycles. The molecule has 3 aromatic rings. The second kappa shape index (κ2) is 8.61. The zero-order valence-corrected chi connectivity index (χ0v) is 18.1. The van der Waals surface area contributed by atoms with E-state index in [1.807, 2.05) is 6.07 Å². The van der Waals surface area contributed by atoms with E-state index >= 15 is 0 Å². The molecular formula is C23H24FN7O2. The molecule has 5 rings (SSSR count). The highest BCUT2D eigenvalue weighted by molar-refractivity contribution is 6.15. The van der Waals surface area contributed by atoms with Crippen molar-refractivity contribution in [1.29, 1.82) is 0 Å². The number of nitrogens with zero attached hydrogens (tertiary/aromatic N) is 4. The molecule has 10 heteroatoms. The lowest BCUT2D eigenvalue weighted by molar-refractivity contribution is -0.124. The average Bonchev–Trinajstić information content (AvgIpc) is 3.48. The number of rotatable bonds is 8. The largest absolute Gasteiger partial charge is 0.354 e. The molecule has 170 valence electrons. The van der Waals surface area contributed by atoms with Crippen LogP contribution >= 0.6 is 0 Å². The van der Waals surface area contributed by atoms with Gasteiger partial charge in [0.05, 0.1) is 12.6 Å². The number of halogens is 1. The molecule has 1 unspecified atom stereocenters. The fraction of sp³-hybridized carbons (Fsp3) is 0.348. The van der Waals surface area contributed by atoms with Gasteiger partial charge in [0.2, 0.25) is 17.8 Å². The smallest absolute Gasteiger partial charge is 0.254 e. The molecular weight excluding hydrogens is 425 g/mol. The third-order valence-corrected chi connectivity index (χ3v) is 5.89. The fourth-order valence-electron chi connectivity index (χ4n) is 3.91. The lowest BCUT2D eigenvalue weighted by Crippen LogP contribution is -2.21. The summed E-state index contributed by atoms with van der Waals surface area (Å²) in [5.74, 6) is 0.562. The summed E-state index contributed by atoms with van der Waals surface area (Å²) in [6, 6.07) is 6.72. The van der Waals surface area contributed by atoms with Crippen molar-refractivity contribution in [3.63, 3.8) is 0 Å². The number of anilines is 2. The summed E-state index contributed by atoms with van der Waals surface area (Å²) in [6.07, 6.45) is 6.23. The SMILES string of the molecule is CC(Nc1nc(NCCc2cccc(F)c2)n2ncc(/C=C3\CC(=O)NC3=O)c2n1)C1CC1. The molecule has 9 nitrogen and oxygen atoms in total. The van der Waals surface area contributed by atoms with Crippen LogP contribution in [0.2, 0.25) is 0 Å². The van der Waals surface area contributed by atoms with Gasteiger partial charge in [0.1, 0.15) is 5.82 Å². The molecule has 0 spiro atoms. The first-order chi connectivity index (χ1) is 16.0. The molecule has 3 heterocycles. The number of hydrogen-bond donors (Lipinski definition) is 3. The van der Waals surface area contributed by atoms with Gasteiger partial charge in [-0.2, -0.15) is 19.6 Å². The number of carbonyl (C=O) groups is 2. The Balaban J connectivity index is 1.44. The number of benzene rings is 1. The van der Waals surface area contributed by atoms with Gasteiger partial charge < -0.3 is 10.6 Å². The van der Waals surface area contributed by atoms with Crippen molar-refractivity contribution in [3.05, 3.63) is 53.0 Å². The summed E-state index contributed by atoms with van der Waals surface area (Å²) in [5, 5.41) is 13.3. The van der Waals surface area contributed by atoms with E-state index in [2.05, 4.69) is 37.9 Å². The van der Waals surface area contributed by atoms with Crippen LogP contribution in [-0.4, -0.2) is 44.0 Å². The Morgan fingerprint density at radius 3 is 2.88 bits per heavy atom. The summed E-state index contributed by atoms with van der Waals surface area (Å²) in [6.45, 7) is 2.62. The van der Waals surface area contributed by atoms with Crippen LogP contribution in [0.1, 0.15) is 37.3 Å². The second-order valence-corrected chi connectivity index (χ2v) is 8.51. The molecule has 2 aliphatic rings. The topological polar surface area (TPSA) is 113 Å². The Bertz CT molecular complexity index is 1260. The van der Waals surface area contributed by atoms with Gasteiger partial charge in [-0.25, -0.2) is 4.39 Å². The maximum Gasteiger partial charge on any atom is 0.254 e. The minimum atomic E-state index is -0.400. The minimum Gasteiger partial charge on any atom is -0.354 e. The quantitative estimate of drug-likeness (QED) is 0.358. The predicted octanol–water partition coefficient (Wildman–Crippen LogP) is 2.56. The van der Waals surface area contributed by atoms with E-state index < -0.39 is 5.91 Å². The number of fused-ring (bicyclic) bond motifs is 1. The van der Waals surface area contributed by atoms with Gasteiger partial charge in [-0.3, -0.25) is 14.9 Å². The van der Waals surface area contributed by atoms with Crippen LogP contribution in [0.4, 0.5) is 16.3 Å². The molecule has 2 amide bonds. The van der Waals surface area contributed by atoms with E-state index in [1.54, 1.807) is 22.9 Å². The van der Waals surface area contributed by atoms with Gasteiger partial charge in [0, 0.05) is 23.7 Å². The van der Waals surface area contributed by atoms with Crippen molar-refractivity contribution in [2.24, 2.45) is 5.92 Å². The van der Waals surface area contributed by atoms with Crippen LogP contribution in [0.3, 0.4) is 0 Å². The third kappa shape index (κ3) is 4.69. The van der Waals surface area contributed by atoms with E-state index in [1.165, 1.54) is 25.0 Å². The lowest BCUT2D eigenvalue weighted by Gasteiger charge is -2.15. The first-order valence-corrected chi connectivity index (χ1v) is 11.0. The van der Waals surface area contributed by atoms with Crippen LogP contribution in [0.5, 0.6) is 0 Å². The Morgan fingerprint density at radius 2 is 2.15 bits per heavy atom. The first-order valence-electron chi connectivity index (χ1n) is 11.0. The Hall–Kier alpha value is -3.82. The molecule has 1 aliphatic carbocycles. The molecule has 0 bridgehead atoms. The van der Waals surface area contributed by atoms with Crippen molar-refractivity contribution in [2.75, 3.05) is 17.2 Å². The lowest BCUT2D eigenvalue weighted by atomic mass is 10.1. The number of aromatic nitrogens is 4. The maximum atomic E-state index is 13.5. The normalized spacial score (nSPS) is 18.1. The maximum absolute atomic E-state index is 13.5. The average molecular weight is 449 g/mol. The highest BCUT2D eigenvalue weighted by atomic mass is 19.1. The van der Waals surface area contributed by atoms with Crippen molar-refractivity contribution in [2.45, 2.75) is 38.6 Å². The van der Waals surface area contributed by atoms with E-state index in [0.29, 0.717) is 47.6 Å². The monoisotopic (exact) mass is 449 g/mol. The van der Waals surface area contributed by atoms with Crippen LogP contribution in [0, 0.1) is 11.7 Å². The van der Waals surface area contributed by atoms with E-state index in [-0.39, 0.29) is 24.2 Å². The predicted molar refractivity (Wildman–Crippen MR) is 121 cm³/mol. The second-order valence-electron chi connectivity index (χ2n) is 8.51. The van der Waals surface area contributed by atoms with Gasteiger partial charge in [-0.1, -0.05) is 12.1 Å². The molecule has 33 heavy (non-hydrogen) atoms. The fourth-order valence-corrected chi connectivity index (χ4v) is 3.91. The van der Waals surface area contributed by atoms with Gasteiger partial charge in [-0.15, -0.1) is 0 Å². The van der Waals surface area contributed by atoms with Gasteiger partial charge in [0.25, 0.3) is 5.91 Å². The van der Waals surface area contributed by atoms with E-state index in [9.17, 15) is 14.0 Å². The standard InChI is InChI=1S/C23H24FN7O2/c1-13(15-5-6-15)27-22-29-20-17(10-16-11-19(32)28-21(16)33)12-26-31(20)23(30-22)25-8-7-14-3-2-4-18(24)9-14/h2-4,9-10,12-13,15H,5-8,11H2,1H3,(H,28,32,33)(H2,25,27,29,30)/b16-10+. The van der Waals surface area contributed by atoms with Crippen molar-refractivity contribution in [1.82, 2.24) is 24.9 Å². The Labute approximate surface area is 189 Å². The zero-order chi connectivity index (χ0) is 22.9. The van der Waals surface area contributed by atoms with E-state index in [0.717, 1.165) is 5.56 Å². The summed E-state index contributed by atoms with van der Waals surface area (Å²) in [7, 11) is 0. The van der Waals surface area contributed by atoms with Crippen LogP contribution in [-0.2, 0) is 16.0 Å². The van der Waals surface area contributed by atoms with Crippen LogP contribution < -0.4 is 16.0 Å². The van der Waals surface area contributed by atoms with Crippen molar-refractivity contribution >= 4 is 35.4 Å². The Kier molecular flexibility index (Phi) is 5.49. The molecule has 0 radical (unpaired) electrons. The molecule has 2 aromatic heterocycles. The highest BCUT2D eigenvalue weighted by Crippen LogP contribution is 2.33. The molecule has 3 N–H and O–H groups in total. The van der Waals surface area contributed by atoms with Gasteiger partial charge in [-0.05, 0) is 55.9 Å². The molecule has 1 aliphatic heterocycles. The molecule has 1 aromatic carbocycles. The number of hydrogen-bond acceptors (Lipinski definition) is 7. The van der Waals surface area contributed by atoms with E-state index in [4.69, 9.17) is 0 Å². The van der Waals surface area contributed by atoms with Crippen molar-refractivity contribution < 1.29 is 14.0 Å². The number of imide groups is 1. The number of nitrogens with one attached hydrogen (secondary N) is 3. The van der Waals surface area contributed by atoms with Crippen LogP contribution in [0.25, 0.3) is 11.7 Å². The minimum absolute atomic E-state index is 0.0316. The summed E-state index contributed by atoms with van der Waals surface area (Å²) < 4.78 is 15.0. The Morgan fingerprint density at radius 1 is 1.30 bits per heavy atom. The summed E-state index contributed by atoms with van der Waals surface area (Å²) >= 11 is 0. The summed E-state index contributed by atoms with van der Waals surface area (Å²) in [5.41, 5.74) is 2.38. The number of carbonyl (C=O) groups excluding carboxylic acids is 2. The van der Waals surface area contributed by atoms with Crippen molar-refractivity contribution in [3.8, 4) is 0 Å². The molecule has 1 atom stereocenters. The zero-order valence-electron chi connectivity index (χ0n) is 18.1. The van der Waals surface area contributed by atoms with Gasteiger partial charge in [0.15, 0.2) is 5.65 Å². The van der Waals surface area contributed by atoms with Crippen LogP contribution in [0.15, 0.2) is 36.0 Å². The molecule has 2 fully saturated rings. The van der Waals surface area contributed by atoms with Gasteiger partial charge >= 0.3 is 0 Å². The molecule has 1 saturated carbocycles. The highest BCUT2D eigenvalue weighted by Gasteiger charge is 2.29. The summed E-state index contributed by atoms with van der Waals surface area (Å²) in [4.78, 5) is 32.8. The number of amides is 2. The first kappa shape index (κ1) is 21.0. The third-order valence-electron chi connectivity index (χ3n) is 5.89.